The molecule has 3 nitrogen and oxygen atoms in total. The predicted octanol–water partition coefficient (Wildman–Crippen LogP) is 2.39. The molecule has 19 heavy (non-hydrogen) atoms. The fraction of sp³-hybridized carbons (Fsp3) is 0.625. The van der Waals surface area contributed by atoms with Crippen molar-refractivity contribution in [1.29, 1.82) is 0 Å². The Balaban J connectivity index is 1.72. The molecular weight excluding hydrogens is 236 g/mol. The highest BCUT2D eigenvalue weighted by molar-refractivity contribution is 5.20. The van der Waals surface area contributed by atoms with Crippen LogP contribution in [0, 0.1) is 5.92 Å². The van der Waals surface area contributed by atoms with E-state index in [1.165, 1.54) is 25.9 Å². The summed E-state index contributed by atoms with van der Waals surface area (Å²) < 4.78 is 5.77. The molecular formula is C16H26N2O. The Hall–Kier alpha value is -1.06. The fourth-order valence-corrected chi connectivity index (χ4v) is 2.91. The summed E-state index contributed by atoms with van der Waals surface area (Å²) in [4.78, 5) is 2.53. The topological polar surface area (TPSA) is 24.5 Å². The maximum atomic E-state index is 5.77. The number of ether oxygens (including phenoxy) is 1. The summed E-state index contributed by atoms with van der Waals surface area (Å²) in [6.07, 6.45) is 2.50. The van der Waals surface area contributed by atoms with E-state index in [1.807, 2.05) is 30.3 Å². The van der Waals surface area contributed by atoms with Crippen molar-refractivity contribution in [2.75, 3.05) is 33.3 Å². The SMILES string of the molecule is CCC1CN(CCOc2ccccc2)CCC1NC. The highest BCUT2D eigenvalue weighted by Crippen LogP contribution is 2.19. The molecule has 1 fully saturated rings. The van der Waals surface area contributed by atoms with E-state index in [9.17, 15) is 0 Å². The zero-order valence-electron chi connectivity index (χ0n) is 12.1. The third-order valence-electron chi connectivity index (χ3n) is 4.13. The zero-order valence-corrected chi connectivity index (χ0v) is 12.1. The van der Waals surface area contributed by atoms with E-state index in [2.05, 4.69) is 24.2 Å². The van der Waals surface area contributed by atoms with Crippen LogP contribution in [0.3, 0.4) is 0 Å². The van der Waals surface area contributed by atoms with Crippen molar-refractivity contribution in [3.63, 3.8) is 0 Å². The molecule has 2 unspecified atom stereocenters. The third kappa shape index (κ3) is 4.22. The molecule has 1 aromatic carbocycles. The minimum Gasteiger partial charge on any atom is -0.492 e. The molecule has 0 radical (unpaired) electrons. The van der Waals surface area contributed by atoms with Gasteiger partial charge in [0.05, 0.1) is 0 Å². The van der Waals surface area contributed by atoms with Crippen molar-refractivity contribution in [3.8, 4) is 5.75 Å². The van der Waals surface area contributed by atoms with Crippen LogP contribution in [-0.4, -0.2) is 44.2 Å². The molecule has 1 N–H and O–H groups in total. The fourth-order valence-electron chi connectivity index (χ4n) is 2.91. The van der Waals surface area contributed by atoms with E-state index < -0.39 is 0 Å². The van der Waals surface area contributed by atoms with Crippen LogP contribution in [-0.2, 0) is 0 Å². The van der Waals surface area contributed by atoms with Gasteiger partial charge in [-0.25, -0.2) is 0 Å². The van der Waals surface area contributed by atoms with E-state index >= 15 is 0 Å². The lowest BCUT2D eigenvalue weighted by atomic mass is 9.90. The quantitative estimate of drug-likeness (QED) is 0.852. The van der Waals surface area contributed by atoms with Crippen LogP contribution in [0.15, 0.2) is 30.3 Å². The van der Waals surface area contributed by atoms with Gasteiger partial charge in [0.2, 0.25) is 0 Å². The molecule has 1 saturated heterocycles. The van der Waals surface area contributed by atoms with E-state index in [1.54, 1.807) is 0 Å². The van der Waals surface area contributed by atoms with E-state index in [0.717, 1.165) is 24.8 Å². The molecule has 0 bridgehead atoms. The standard InChI is InChI=1S/C16H26N2O/c1-3-14-13-18(10-9-16(14)17-2)11-12-19-15-7-5-4-6-8-15/h4-8,14,16-17H,3,9-13H2,1-2H3. The summed E-state index contributed by atoms with van der Waals surface area (Å²) in [5.41, 5.74) is 0. The highest BCUT2D eigenvalue weighted by atomic mass is 16.5. The summed E-state index contributed by atoms with van der Waals surface area (Å²) in [6, 6.07) is 10.8. The minimum atomic E-state index is 0.691. The molecule has 1 heterocycles. The first-order chi connectivity index (χ1) is 9.33. The van der Waals surface area contributed by atoms with Crippen molar-refractivity contribution < 1.29 is 4.74 Å². The van der Waals surface area contributed by atoms with Gasteiger partial charge in [0.1, 0.15) is 12.4 Å². The van der Waals surface area contributed by atoms with Gasteiger partial charge in [-0.2, -0.15) is 0 Å². The number of hydrogen-bond donors (Lipinski definition) is 1. The van der Waals surface area contributed by atoms with Crippen LogP contribution in [0.1, 0.15) is 19.8 Å². The largest absolute Gasteiger partial charge is 0.492 e. The average Bonchev–Trinajstić information content (AvgIpc) is 2.48. The van der Waals surface area contributed by atoms with Crippen LogP contribution in [0.4, 0.5) is 0 Å². The number of rotatable bonds is 6. The normalized spacial score (nSPS) is 24.3. The van der Waals surface area contributed by atoms with Crippen LogP contribution in [0.25, 0.3) is 0 Å². The van der Waals surface area contributed by atoms with Gasteiger partial charge in [0, 0.05) is 19.1 Å². The van der Waals surface area contributed by atoms with Crippen molar-refractivity contribution in [3.05, 3.63) is 30.3 Å². The maximum absolute atomic E-state index is 5.77. The first-order valence-electron chi connectivity index (χ1n) is 7.41. The Morgan fingerprint density at radius 1 is 1.32 bits per heavy atom. The Morgan fingerprint density at radius 2 is 2.11 bits per heavy atom. The van der Waals surface area contributed by atoms with Gasteiger partial charge in [-0.1, -0.05) is 31.5 Å². The summed E-state index contributed by atoms with van der Waals surface area (Å²) >= 11 is 0. The summed E-state index contributed by atoms with van der Waals surface area (Å²) in [5.74, 6) is 1.75. The second-order valence-electron chi connectivity index (χ2n) is 5.31. The molecule has 2 atom stereocenters. The smallest absolute Gasteiger partial charge is 0.119 e. The van der Waals surface area contributed by atoms with Crippen LogP contribution in [0.2, 0.25) is 0 Å². The number of nitrogens with one attached hydrogen (secondary N) is 1. The molecule has 0 spiro atoms. The molecule has 3 heteroatoms. The van der Waals surface area contributed by atoms with Gasteiger partial charge in [0.15, 0.2) is 0 Å². The molecule has 1 aliphatic rings. The molecule has 0 aromatic heterocycles. The predicted molar refractivity (Wildman–Crippen MR) is 79.6 cm³/mol. The van der Waals surface area contributed by atoms with Gasteiger partial charge >= 0.3 is 0 Å². The average molecular weight is 262 g/mol. The Kier molecular flexibility index (Phi) is 5.67. The second kappa shape index (κ2) is 7.51. The van der Waals surface area contributed by atoms with Crippen molar-refractivity contribution >= 4 is 0 Å². The van der Waals surface area contributed by atoms with Gasteiger partial charge in [0.25, 0.3) is 0 Å². The second-order valence-corrected chi connectivity index (χ2v) is 5.31. The van der Waals surface area contributed by atoms with E-state index in [-0.39, 0.29) is 0 Å². The van der Waals surface area contributed by atoms with Gasteiger partial charge in [-0.3, -0.25) is 4.90 Å². The molecule has 1 aromatic rings. The van der Waals surface area contributed by atoms with Crippen molar-refractivity contribution in [2.45, 2.75) is 25.8 Å². The number of nitrogens with zero attached hydrogens (tertiary/aromatic N) is 1. The lowest BCUT2D eigenvalue weighted by Crippen LogP contribution is -2.49. The number of piperidine rings is 1. The lowest BCUT2D eigenvalue weighted by Gasteiger charge is -2.38. The number of benzene rings is 1. The van der Waals surface area contributed by atoms with E-state index in [4.69, 9.17) is 4.74 Å². The Morgan fingerprint density at radius 3 is 2.79 bits per heavy atom. The third-order valence-corrected chi connectivity index (χ3v) is 4.13. The molecule has 2 rings (SSSR count). The van der Waals surface area contributed by atoms with Gasteiger partial charge < -0.3 is 10.1 Å². The van der Waals surface area contributed by atoms with Crippen LogP contribution >= 0.6 is 0 Å². The summed E-state index contributed by atoms with van der Waals surface area (Å²) in [6.45, 7) is 6.48. The first kappa shape index (κ1) is 14.4. The van der Waals surface area contributed by atoms with Crippen LogP contribution < -0.4 is 10.1 Å². The van der Waals surface area contributed by atoms with E-state index in [0.29, 0.717) is 6.04 Å². The van der Waals surface area contributed by atoms with Crippen molar-refractivity contribution in [1.82, 2.24) is 10.2 Å². The number of para-hydroxylation sites is 1. The lowest BCUT2D eigenvalue weighted by molar-refractivity contribution is 0.120. The number of likely N-dealkylation sites (tertiary alicyclic amines) is 1. The summed E-state index contributed by atoms with van der Waals surface area (Å²) in [5, 5.41) is 3.45. The Labute approximate surface area is 116 Å². The molecule has 1 aliphatic heterocycles. The number of hydrogen-bond acceptors (Lipinski definition) is 3. The highest BCUT2D eigenvalue weighted by Gasteiger charge is 2.26. The molecule has 0 aliphatic carbocycles. The Bertz CT molecular complexity index is 355. The van der Waals surface area contributed by atoms with Crippen LogP contribution in [0.5, 0.6) is 5.75 Å². The van der Waals surface area contributed by atoms with Gasteiger partial charge in [-0.15, -0.1) is 0 Å². The maximum Gasteiger partial charge on any atom is 0.119 e. The first-order valence-corrected chi connectivity index (χ1v) is 7.41. The monoisotopic (exact) mass is 262 g/mol. The zero-order chi connectivity index (χ0) is 13.5. The minimum absolute atomic E-state index is 0.691. The van der Waals surface area contributed by atoms with Crippen molar-refractivity contribution in [2.24, 2.45) is 5.92 Å². The molecule has 0 amide bonds. The molecule has 0 saturated carbocycles. The van der Waals surface area contributed by atoms with Gasteiger partial charge in [-0.05, 0) is 38.1 Å². The summed E-state index contributed by atoms with van der Waals surface area (Å²) in [7, 11) is 2.08. The molecule has 106 valence electrons.